The summed E-state index contributed by atoms with van der Waals surface area (Å²) in [6.07, 6.45) is 0.642. The van der Waals surface area contributed by atoms with Crippen molar-refractivity contribution in [1.29, 1.82) is 0 Å². The van der Waals surface area contributed by atoms with E-state index in [0.717, 1.165) is 0 Å². The van der Waals surface area contributed by atoms with E-state index in [4.69, 9.17) is 14.2 Å². The quantitative estimate of drug-likeness (QED) is 0.655. The monoisotopic (exact) mass is 395 g/mol. The van der Waals surface area contributed by atoms with E-state index in [1.807, 2.05) is 0 Å². The highest BCUT2D eigenvalue weighted by molar-refractivity contribution is 5.83. The van der Waals surface area contributed by atoms with E-state index in [1.54, 1.807) is 24.0 Å². The lowest BCUT2D eigenvalue weighted by atomic mass is 10.1. The zero-order chi connectivity index (χ0) is 19.9. The molecule has 2 heterocycles. The highest BCUT2D eigenvalue weighted by Gasteiger charge is 2.37. The van der Waals surface area contributed by atoms with Gasteiger partial charge in [0.2, 0.25) is 5.91 Å². The third-order valence-electron chi connectivity index (χ3n) is 4.75. The largest absolute Gasteiger partial charge is 0.492 e. The third-order valence-corrected chi connectivity index (χ3v) is 4.75. The average Bonchev–Trinajstić information content (AvgIpc) is 3.16. The SMILES string of the molecule is CCOC(=O)CC1COCCN1C(=O)C1CC(COc2cccc(F)c2)NN1. The molecule has 0 radical (unpaired) electrons. The Hall–Kier alpha value is -2.23. The molecular formula is C19H26FN3O5. The molecule has 0 saturated carbocycles. The fraction of sp³-hybridized carbons (Fsp3) is 0.579. The van der Waals surface area contributed by atoms with Crippen LogP contribution in [0.15, 0.2) is 24.3 Å². The van der Waals surface area contributed by atoms with E-state index >= 15 is 0 Å². The Kier molecular flexibility index (Phi) is 7.18. The van der Waals surface area contributed by atoms with E-state index in [2.05, 4.69) is 10.9 Å². The summed E-state index contributed by atoms with van der Waals surface area (Å²) >= 11 is 0. The number of nitrogens with zero attached hydrogens (tertiary/aromatic N) is 1. The van der Waals surface area contributed by atoms with Gasteiger partial charge in [0.05, 0.1) is 38.3 Å². The maximum absolute atomic E-state index is 13.2. The van der Waals surface area contributed by atoms with Gasteiger partial charge in [-0.3, -0.25) is 15.0 Å². The summed E-state index contributed by atoms with van der Waals surface area (Å²) in [4.78, 5) is 26.4. The Morgan fingerprint density at radius 1 is 1.36 bits per heavy atom. The van der Waals surface area contributed by atoms with Gasteiger partial charge in [-0.05, 0) is 25.5 Å². The predicted molar refractivity (Wildman–Crippen MR) is 97.9 cm³/mol. The number of morpholine rings is 1. The second-order valence-corrected chi connectivity index (χ2v) is 6.81. The molecule has 1 aromatic carbocycles. The average molecular weight is 395 g/mol. The molecule has 0 spiro atoms. The van der Waals surface area contributed by atoms with Gasteiger partial charge in [-0.25, -0.2) is 9.82 Å². The van der Waals surface area contributed by atoms with Crippen LogP contribution in [0.4, 0.5) is 4.39 Å². The Labute approximate surface area is 163 Å². The molecule has 0 aliphatic carbocycles. The molecule has 0 aromatic heterocycles. The summed E-state index contributed by atoms with van der Waals surface area (Å²) < 4.78 is 29.2. The summed E-state index contributed by atoms with van der Waals surface area (Å²) in [5, 5.41) is 0. The zero-order valence-electron chi connectivity index (χ0n) is 15.9. The molecule has 3 unspecified atom stereocenters. The normalized spacial score (nSPS) is 24.8. The first-order valence-corrected chi connectivity index (χ1v) is 9.50. The van der Waals surface area contributed by atoms with Crippen LogP contribution in [0.2, 0.25) is 0 Å². The minimum atomic E-state index is -0.427. The molecule has 2 saturated heterocycles. The van der Waals surface area contributed by atoms with E-state index in [9.17, 15) is 14.0 Å². The fourth-order valence-corrected chi connectivity index (χ4v) is 3.37. The molecule has 3 rings (SSSR count). The van der Waals surface area contributed by atoms with Crippen molar-refractivity contribution in [2.45, 2.75) is 37.9 Å². The van der Waals surface area contributed by atoms with Gasteiger partial charge >= 0.3 is 5.97 Å². The van der Waals surface area contributed by atoms with Crippen molar-refractivity contribution in [2.75, 3.05) is 33.0 Å². The van der Waals surface area contributed by atoms with Gasteiger partial charge in [-0.2, -0.15) is 0 Å². The Morgan fingerprint density at radius 2 is 2.21 bits per heavy atom. The first kappa shape index (κ1) is 20.5. The van der Waals surface area contributed by atoms with Crippen molar-refractivity contribution in [1.82, 2.24) is 15.8 Å². The first-order chi connectivity index (χ1) is 13.6. The second-order valence-electron chi connectivity index (χ2n) is 6.81. The molecular weight excluding hydrogens is 369 g/mol. The summed E-state index contributed by atoms with van der Waals surface area (Å²) in [7, 11) is 0. The molecule has 2 aliphatic rings. The molecule has 8 nitrogen and oxygen atoms in total. The highest BCUT2D eigenvalue weighted by atomic mass is 19.1. The number of hydrazine groups is 1. The summed E-state index contributed by atoms with van der Waals surface area (Å²) in [5.41, 5.74) is 6.05. The number of benzene rings is 1. The minimum absolute atomic E-state index is 0.0849. The van der Waals surface area contributed by atoms with E-state index < -0.39 is 6.04 Å². The van der Waals surface area contributed by atoms with Gasteiger partial charge < -0.3 is 19.1 Å². The molecule has 1 amide bonds. The zero-order valence-corrected chi connectivity index (χ0v) is 15.9. The molecule has 154 valence electrons. The molecule has 2 N–H and O–H groups in total. The van der Waals surface area contributed by atoms with E-state index in [0.29, 0.717) is 45.1 Å². The molecule has 0 bridgehead atoms. The van der Waals surface area contributed by atoms with Crippen molar-refractivity contribution in [2.24, 2.45) is 0 Å². The van der Waals surface area contributed by atoms with Crippen LogP contribution >= 0.6 is 0 Å². The van der Waals surface area contributed by atoms with Crippen molar-refractivity contribution >= 4 is 11.9 Å². The lowest BCUT2D eigenvalue weighted by molar-refractivity contribution is -0.150. The van der Waals surface area contributed by atoms with Gasteiger partial charge in [0, 0.05) is 12.6 Å². The van der Waals surface area contributed by atoms with Crippen LogP contribution in [0.25, 0.3) is 0 Å². The topological polar surface area (TPSA) is 89.1 Å². The smallest absolute Gasteiger partial charge is 0.307 e. The molecule has 2 fully saturated rings. The van der Waals surface area contributed by atoms with Crippen LogP contribution in [0.5, 0.6) is 5.75 Å². The van der Waals surface area contributed by atoms with Crippen molar-refractivity contribution in [3.63, 3.8) is 0 Å². The lowest BCUT2D eigenvalue weighted by Gasteiger charge is -2.36. The molecule has 1 aromatic rings. The number of hydrogen-bond acceptors (Lipinski definition) is 7. The third kappa shape index (κ3) is 5.40. The van der Waals surface area contributed by atoms with Crippen molar-refractivity contribution < 1.29 is 28.2 Å². The fourth-order valence-electron chi connectivity index (χ4n) is 3.37. The summed E-state index contributed by atoms with van der Waals surface area (Å²) in [5.74, 6) is -0.338. The van der Waals surface area contributed by atoms with Gasteiger partial charge in [-0.15, -0.1) is 0 Å². The number of carbonyl (C=O) groups is 2. The van der Waals surface area contributed by atoms with Crippen molar-refractivity contribution in [3.05, 3.63) is 30.1 Å². The predicted octanol–water partition coefficient (Wildman–Crippen LogP) is 0.620. The minimum Gasteiger partial charge on any atom is -0.492 e. The standard InChI is InChI=1S/C19H26FN3O5/c1-2-27-18(24)10-15-12-26-7-6-23(15)19(25)17-9-14(21-22-17)11-28-16-5-3-4-13(20)8-16/h3-5,8,14-15,17,21-22H,2,6-7,9-12H2,1H3. The second kappa shape index (κ2) is 9.81. The number of rotatable bonds is 7. The van der Waals surface area contributed by atoms with Crippen LogP contribution in [0.3, 0.4) is 0 Å². The Morgan fingerprint density at radius 3 is 3.00 bits per heavy atom. The lowest BCUT2D eigenvalue weighted by Crippen LogP contribution is -2.55. The Bertz CT molecular complexity index is 689. The molecule has 28 heavy (non-hydrogen) atoms. The van der Waals surface area contributed by atoms with Crippen LogP contribution in [-0.2, 0) is 19.1 Å². The van der Waals surface area contributed by atoms with Crippen LogP contribution in [-0.4, -0.2) is 67.9 Å². The van der Waals surface area contributed by atoms with Gasteiger partial charge in [-0.1, -0.05) is 6.07 Å². The number of halogens is 1. The van der Waals surface area contributed by atoms with Crippen LogP contribution < -0.4 is 15.6 Å². The first-order valence-electron chi connectivity index (χ1n) is 9.50. The Balaban J connectivity index is 1.51. The van der Waals surface area contributed by atoms with Gasteiger partial charge in [0.25, 0.3) is 0 Å². The number of ether oxygens (including phenoxy) is 3. The maximum Gasteiger partial charge on any atom is 0.307 e. The molecule has 2 aliphatic heterocycles. The van der Waals surface area contributed by atoms with Crippen molar-refractivity contribution in [3.8, 4) is 5.75 Å². The van der Waals surface area contributed by atoms with E-state index in [1.165, 1.54) is 12.1 Å². The summed E-state index contributed by atoms with van der Waals surface area (Å²) in [6.45, 7) is 3.55. The van der Waals surface area contributed by atoms with Crippen LogP contribution in [0, 0.1) is 5.82 Å². The van der Waals surface area contributed by atoms with E-state index in [-0.39, 0.29) is 36.2 Å². The number of esters is 1. The van der Waals surface area contributed by atoms with Crippen LogP contribution in [0.1, 0.15) is 19.8 Å². The number of carbonyl (C=O) groups excluding carboxylic acids is 2. The number of amides is 1. The number of nitrogens with one attached hydrogen (secondary N) is 2. The number of hydrogen-bond donors (Lipinski definition) is 2. The van der Waals surface area contributed by atoms with Gasteiger partial charge in [0.15, 0.2) is 0 Å². The molecule has 9 heteroatoms. The highest BCUT2D eigenvalue weighted by Crippen LogP contribution is 2.18. The molecule has 3 atom stereocenters. The maximum atomic E-state index is 13.2. The van der Waals surface area contributed by atoms with Gasteiger partial charge in [0.1, 0.15) is 24.2 Å². The summed E-state index contributed by atoms with van der Waals surface area (Å²) in [6, 6.07) is 5.08.